The molecule has 0 unspecified atom stereocenters. The summed E-state index contributed by atoms with van der Waals surface area (Å²) in [6.07, 6.45) is -0.568. The lowest BCUT2D eigenvalue weighted by molar-refractivity contribution is -0.121. The summed E-state index contributed by atoms with van der Waals surface area (Å²) in [6.45, 7) is 1.67. The summed E-state index contributed by atoms with van der Waals surface area (Å²) in [5.41, 5.74) is 0.407. The highest BCUT2D eigenvalue weighted by molar-refractivity contribution is 5.76. The van der Waals surface area contributed by atoms with Crippen LogP contribution in [0.4, 0.5) is 0 Å². The molecule has 0 aliphatic carbocycles. The van der Waals surface area contributed by atoms with Crippen LogP contribution in [-0.4, -0.2) is 34.6 Å². The number of aryl methyl sites for hydroxylation is 1. The number of hydrogen-bond acceptors (Lipinski definition) is 5. The van der Waals surface area contributed by atoms with Gasteiger partial charge in [-0.1, -0.05) is 12.1 Å². The van der Waals surface area contributed by atoms with Crippen molar-refractivity contribution in [3.8, 4) is 5.75 Å². The average molecular weight is 347 g/mol. The molecule has 0 fully saturated rings. The second kappa shape index (κ2) is 8.29. The summed E-state index contributed by atoms with van der Waals surface area (Å²) < 4.78 is 5.05. The predicted molar refractivity (Wildman–Crippen MR) is 91.7 cm³/mol. The van der Waals surface area contributed by atoms with Gasteiger partial charge in [-0.2, -0.15) is 0 Å². The molecule has 2 aromatic rings. The summed E-state index contributed by atoms with van der Waals surface area (Å²) in [5, 5.41) is 12.7. The van der Waals surface area contributed by atoms with Crippen LogP contribution in [0.5, 0.6) is 5.75 Å². The molecule has 0 spiro atoms. The first-order valence-electron chi connectivity index (χ1n) is 7.81. The Morgan fingerprint density at radius 3 is 2.52 bits per heavy atom. The standard InChI is InChI=1S/C17H21N3O5/c1-10-13(16(23)20-17(24)19-10)7-8-15(22)18-9-14(21)11-3-5-12(25-2)6-4-11/h3-6,14,21H,7-9H2,1-2H3,(H,18,22)(H2,19,20,23,24)/t14-/m0/s1. The van der Waals surface area contributed by atoms with E-state index in [1.165, 1.54) is 0 Å². The number of aromatic nitrogens is 2. The number of benzene rings is 1. The molecular formula is C17H21N3O5. The van der Waals surface area contributed by atoms with E-state index in [1.807, 2.05) is 0 Å². The Hall–Kier alpha value is -2.87. The van der Waals surface area contributed by atoms with Gasteiger partial charge in [-0.15, -0.1) is 0 Å². The van der Waals surface area contributed by atoms with Gasteiger partial charge in [0, 0.05) is 24.2 Å². The summed E-state index contributed by atoms with van der Waals surface area (Å²) in [4.78, 5) is 39.4. The van der Waals surface area contributed by atoms with Crippen molar-refractivity contribution in [2.24, 2.45) is 0 Å². The molecule has 0 radical (unpaired) electrons. The molecule has 0 saturated heterocycles. The SMILES string of the molecule is COc1ccc([C@@H](O)CNC(=O)CCc2c(C)[nH]c(=O)[nH]c2=O)cc1. The van der Waals surface area contributed by atoms with Crippen molar-refractivity contribution in [2.45, 2.75) is 25.9 Å². The van der Waals surface area contributed by atoms with Crippen molar-refractivity contribution in [3.05, 3.63) is 61.9 Å². The van der Waals surface area contributed by atoms with Crippen LogP contribution in [0.15, 0.2) is 33.9 Å². The monoisotopic (exact) mass is 347 g/mol. The normalized spacial score (nSPS) is 11.8. The number of amides is 1. The van der Waals surface area contributed by atoms with Crippen LogP contribution >= 0.6 is 0 Å². The first kappa shape index (κ1) is 18.5. The van der Waals surface area contributed by atoms with Gasteiger partial charge in [0.2, 0.25) is 5.91 Å². The molecule has 2 rings (SSSR count). The number of nitrogens with one attached hydrogen (secondary N) is 3. The predicted octanol–water partition coefficient (Wildman–Crippen LogP) is 0.163. The highest BCUT2D eigenvalue weighted by atomic mass is 16.5. The molecule has 8 nitrogen and oxygen atoms in total. The Labute approximate surface area is 143 Å². The molecule has 4 N–H and O–H groups in total. The van der Waals surface area contributed by atoms with Crippen LogP contribution < -0.4 is 21.3 Å². The minimum absolute atomic E-state index is 0.0616. The van der Waals surface area contributed by atoms with Gasteiger partial charge in [-0.3, -0.25) is 14.6 Å². The summed E-state index contributed by atoms with van der Waals surface area (Å²) in [5.74, 6) is 0.388. The van der Waals surface area contributed by atoms with Crippen molar-refractivity contribution in [1.82, 2.24) is 15.3 Å². The van der Waals surface area contributed by atoms with E-state index in [1.54, 1.807) is 38.3 Å². The van der Waals surface area contributed by atoms with Gasteiger partial charge >= 0.3 is 5.69 Å². The first-order valence-corrected chi connectivity index (χ1v) is 7.81. The van der Waals surface area contributed by atoms with E-state index in [-0.39, 0.29) is 25.3 Å². The summed E-state index contributed by atoms with van der Waals surface area (Å²) >= 11 is 0. The van der Waals surface area contributed by atoms with Crippen LogP contribution in [0.25, 0.3) is 0 Å². The van der Waals surface area contributed by atoms with Gasteiger partial charge in [-0.05, 0) is 31.0 Å². The Balaban J connectivity index is 1.86. The second-order valence-corrected chi connectivity index (χ2v) is 5.60. The minimum Gasteiger partial charge on any atom is -0.497 e. The third-order valence-corrected chi connectivity index (χ3v) is 3.85. The highest BCUT2D eigenvalue weighted by Crippen LogP contribution is 2.16. The van der Waals surface area contributed by atoms with Crippen molar-refractivity contribution in [2.75, 3.05) is 13.7 Å². The highest BCUT2D eigenvalue weighted by Gasteiger charge is 2.12. The van der Waals surface area contributed by atoms with E-state index < -0.39 is 17.4 Å². The third kappa shape index (κ3) is 5.05. The topological polar surface area (TPSA) is 124 Å². The molecule has 8 heteroatoms. The van der Waals surface area contributed by atoms with Crippen LogP contribution in [0.1, 0.15) is 29.3 Å². The maximum absolute atomic E-state index is 11.9. The molecule has 0 aliphatic rings. The maximum Gasteiger partial charge on any atom is 0.325 e. The molecule has 25 heavy (non-hydrogen) atoms. The van der Waals surface area contributed by atoms with Crippen LogP contribution in [-0.2, 0) is 11.2 Å². The lowest BCUT2D eigenvalue weighted by Gasteiger charge is -2.13. The smallest absolute Gasteiger partial charge is 0.325 e. The number of aliphatic hydroxyl groups excluding tert-OH is 1. The fourth-order valence-corrected chi connectivity index (χ4v) is 2.41. The van der Waals surface area contributed by atoms with Crippen molar-refractivity contribution in [3.63, 3.8) is 0 Å². The van der Waals surface area contributed by atoms with Gasteiger partial charge in [0.25, 0.3) is 5.56 Å². The number of ether oxygens (including phenoxy) is 1. The number of methoxy groups -OCH3 is 1. The zero-order valence-electron chi connectivity index (χ0n) is 14.1. The van der Waals surface area contributed by atoms with E-state index in [4.69, 9.17) is 4.74 Å². The molecular weight excluding hydrogens is 326 g/mol. The van der Waals surface area contributed by atoms with E-state index >= 15 is 0 Å². The lowest BCUT2D eigenvalue weighted by atomic mass is 10.1. The Morgan fingerprint density at radius 1 is 1.24 bits per heavy atom. The molecule has 134 valence electrons. The first-order chi connectivity index (χ1) is 11.9. The van der Waals surface area contributed by atoms with Crippen LogP contribution in [0.3, 0.4) is 0 Å². The van der Waals surface area contributed by atoms with E-state index in [0.717, 1.165) is 0 Å². The largest absolute Gasteiger partial charge is 0.497 e. The zero-order valence-corrected chi connectivity index (χ0v) is 14.1. The van der Waals surface area contributed by atoms with Crippen molar-refractivity contribution in [1.29, 1.82) is 0 Å². The molecule has 1 heterocycles. The van der Waals surface area contributed by atoms with Gasteiger partial charge in [0.05, 0.1) is 13.2 Å². The number of H-pyrrole nitrogens is 2. The summed E-state index contributed by atoms with van der Waals surface area (Å²) in [7, 11) is 1.56. The quantitative estimate of drug-likeness (QED) is 0.568. The van der Waals surface area contributed by atoms with Crippen LogP contribution in [0, 0.1) is 6.92 Å². The second-order valence-electron chi connectivity index (χ2n) is 5.60. The Kier molecular flexibility index (Phi) is 6.13. The average Bonchev–Trinajstić information content (AvgIpc) is 2.58. The van der Waals surface area contributed by atoms with Crippen molar-refractivity contribution >= 4 is 5.91 Å². The maximum atomic E-state index is 11.9. The number of rotatable bonds is 7. The molecule has 0 bridgehead atoms. The van der Waals surface area contributed by atoms with Crippen LogP contribution in [0.2, 0.25) is 0 Å². The molecule has 1 aromatic heterocycles. The molecule has 0 aliphatic heterocycles. The number of carbonyl (C=O) groups is 1. The number of carbonyl (C=O) groups excluding carboxylic acids is 1. The van der Waals surface area contributed by atoms with Gasteiger partial charge in [0.15, 0.2) is 0 Å². The number of aliphatic hydroxyl groups is 1. The minimum atomic E-state index is -0.840. The Morgan fingerprint density at radius 2 is 1.92 bits per heavy atom. The molecule has 0 saturated carbocycles. The fourth-order valence-electron chi connectivity index (χ4n) is 2.41. The zero-order chi connectivity index (χ0) is 18.4. The molecule has 1 atom stereocenters. The van der Waals surface area contributed by atoms with Gasteiger partial charge < -0.3 is 20.1 Å². The van der Waals surface area contributed by atoms with Gasteiger partial charge in [-0.25, -0.2) is 4.79 Å². The Bertz CT molecular complexity index is 839. The van der Waals surface area contributed by atoms with Crippen molar-refractivity contribution < 1.29 is 14.6 Å². The molecule has 1 aromatic carbocycles. The van der Waals surface area contributed by atoms with E-state index in [9.17, 15) is 19.5 Å². The number of hydrogen-bond donors (Lipinski definition) is 4. The summed E-state index contributed by atoms with van der Waals surface area (Å²) in [6, 6.07) is 6.90. The molecule has 1 amide bonds. The van der Waals surface area contributed by atoms with E-state index in [2.05, 4.69) is 15.3 Å². The number of aromatic amines is 2. The lowest BCUT2D eigenvalue weighted by Crippen LogP contribution is -2.31. The van der Waals surface area contributed by atoms with Gasteiger partial charge in [0.1, 0.15) is 5.75 Å². The fraction of sp³-hybridized carbons (Fsp3) is 0.353. The third-order valence-electron chi connectivity index (χ3n) is 3.85. The van der Waals surface area contributed by atoms with E-state index in [0.29, 0.717) is 22.6 Å².